The predicted molar refractivity (Wildman–Crippen MR) is 119 cm³/mol. The molecule has 1 aliphatic heterocycles. The van der Waals surface area contributed by atoms with Crippen molar-refractivity contribution in [3.63, 3.8) is 0 Å². The molecule has 8 nitrogen and oxygen atoms in total. The Morgan fingerprint density at radius 2 is 1.84 bits per heavy atom. The number of fused-ring (bicyclic) bond motifs is 1. The van der Waals surface area contributed by atoms with Crippen LogP contribution in [0.25, 0.3) is 11.0 Å². The normalized spacial score (nSPS) is 15.3. The topological polar surface area (TPSA) is 83.7 Å². The van der Waals surface area contributed by atoms with Crippen LogP contribution in [0.15, 0.2) is 47.1 Å². The molecule has 0 bridgehead atoms. The molecule has 31 heavy (non-hydrogen) atoms. The van der Waals surface area contributed by atoms with Crippen LogP contribution in [0.2, 0.25) is 0 Å². The molecule has 0 radical (unpaired) electrons. The quantitative estimate of drug-likeness (QED) is 0.529. The highest BCUT2D eigenvalue weighted by atomic mass is 16.6. The number of anilines is 1. The van der Waals surface area contributed by atoms with Crippen molar-refractivity contribution in [3.8, 4) is 5.75 Å². The van der Waals surface area contributed by atoms with Gasteiger partial charge in [-0.15, -0.1) is 0 Å². The van der Waals surface area contributed by atoms with Crippen molar-refractivity contribution in [2.75, 3.05) is 44.6 Å². The highest BCUT2D eigenvalue weighted by molar-refractivity contribution is 5.99. The molecule has 0 atom stereocenters. The van der Waals surface area contributed by atoms with E-state index in [2.05, 4.69) is 56.6 Å². The van der Waals surface area contributed by atoms with Crippen LogP contribution in [0, 0.1) is 0 Å². The first-order valence-corrected chi connectivity index (χ1v) is 10.9. The lowest BCUT2D eigenvalue weighted by molar-refractivity contribution is -0.117. The van der Waals surface area contributed by atoms with Gasteiger partial charge in [-0.1, -0.05) is 31.5 Å². The Labute approximate surface area is 182 Å². The van der Waals surface area contributed by atoms with Gasteiger partial charge in [0.15, 0.2) is 5.52 Å². The summed E-state index contributed by atoms with van der Waals surface area (Å²) in [4.78, 5) is 17.1. The fourth-order valence-corrected chi connectivity index (χ4v) is 3.69. The first-order chi connectivity index (χ1) is 15.2. The molecule has 1 aromatic heterocycles. The van der Waals surface area contributed by atoms with Crippen molar-refractivity contribution < 1.29 is 14.2 Å². The largest absolute Gasteiger partial charge is 0.494 e. The Kier molecular flexibility index (Phi) is 7.11. The van der Waals surface area contributed by atoms with Crippen molar-refractivity contribution >= 4 is 22.6 Å². The molecule has 1 fully saturated rings. The molecule has 2 heterocycles. The number of unbranched alkanes of at least 4 members (excludes halogenated alkanes) is 1. The number of rotatable bonds is 9. The molecule has 0 spiro atoms. The minimum atomic E-state index is -0.0531. The second-order valence-electron chi connectivity index (χ2n) is 7.88. The van der Waals surface area contributed by atoms with E-state index in [1.165, 1.54) is 5.56 Å². The third-order valence-electron chi connectivity index (χ3n) is 5.49. The van der Waals surface area contributed by atoms with Crippen LogP contribution >= 0.6 is 0 Å². The third-order valence-corrected chi connectivity index (χ3v) is 5.49. The highest BCUT2D eigenvalue weighted by Crippen LogP contribution is 2.20. The molecular weight excluding hydrogens is 394 g/mol. The second kappa shape index (κ2) is 10.4. The van der Waals surface area contributed by atoms with E-state index < -0.39 is 0 Å². The number of carbonyl (C=O) groups excluding carboxylic acids is 1. The van der Waals surface area contributed by atoms with Gasteiger partial charge in [0, 0.05) is 32.7 Å². The fraction of sp³-hybridized carbons (Fsp3) is 0.435. The maximum absolute atomic E-state index is 12.5. The van der Waals surface area contributed by atoms with Gasteiger partial charge in [0.1, 0.15) is 11.3 Å². The van der Waals surface area contributed by atoms with Gasteiger partial charge < -0.3 is 10.1 Å². The number of piperazine rings is 1. The van der Waals surface area contributed by atoms with Gasteiger partial charge in [-0.25, -0.2) is 4.63 Å². The van der Waals surface area contributed by atoms with E-state index in [0.29, 0.717) is 23.3 Å². The number of benzene rings is 2. The van der Waals surface area contributed by atoms with Gasteiger partial charge in [0.05, 0.1) is 18.8 Å². The van der Waals surface area contributed by atoms with Gasteiger partial charge in [0.25, 0.3) is 0 Å². The minimum absolute atomic E-state index is 0.0531. The summed E-state index contributed by atoms with van der Waals surface area (Å²) in [5.74, 6) is 0.882. The van der Waals surface area contributed by atoms with Crippen LogP contribution in [-0.2, 0) is 11.3 Å². The van der Waals surface area contributed by atoms with Crippen molar-refractivity contribution in [3.05, 3.63) is 48.0 Å². The van der Waals surface area contributed by atoms with Crippen molar-refractivity contribution in [2.24, 2.45) is 0 Å². The smallest absolute Gasteiger partial charge is 0.238 e. The molecule has 0 unspecified atom stereocenters. The van der Waals surface area contributed by atoms with E-state index in [4.69, 9.17) is 9.37 Å². The molecular formula is C23H29N5O3. The summed E-state index contributed by atoms with van der Waals surface area (Å²) in [5.41, 5.74) is 3.11. The first-order valence-electron chi connectivity index (χ1n) is 10.9. The maximum atomic E-state index is 12.5. The predicted octanol–water partition coefficient (Wildman–Crippen LogP) is 3.16. The summed E-state index contributed by atoms with van der Waals surface area (Å²) >= 11 is 0. The molecule has 1 saturated heterocycles. The second-order valence-corrected chi connectivity index (χ2v) is 7.88. The zero-order valence-electron chi connectivity index (χ0n) is 17.9. The van der Waals surface area contributed by atoms with E-state index in [1.54, 1.807) is 6.07 Å². The van der Waals surface area contributed by atoms with Crippen LogP contribution in [0.1, 0.15) is 25.3 Å². The SMILES string of the molecule is CCCCOc1ccc(CN2CCN(CC(=O)Nc3cccc4nonc34)CC2)cc1. The number of hydrogen-bond donors (Lipinski definition) is 1. The monoisotopic (exact) mass is 423 g/mol. The lowest BCUT2D eigenvalue weighted by Crippen LogP contribution is -2.48. The van der Waals surface area contributed by atoms with E-state index in [-0.39, 0.29) is 5.91 Å². The molecule has 1 N–H and O–H groups in total. The Bertz CT molecular complexity index is 980. The summed E-state index contributed by atoms with van der Waals surface area (Å²) in [5, 5.41) is 10.6. The number of ether oxygens (including phenoxy) is 1. The van der Waals surface area contributed by atoms with E-state index in [1.807, 2.05) is 12.1 Å². The van der Waals surface area contributed by atoms with E-state index in [9.17, 15) is 4.79 Å². The van der Waals surface area contributed by atoms with Crippen molar-refractivity contribution in [2.45, 2.75) is 26.3 Å². The van der Waals surface area contributed by atoms with Gasteiger partial charge in [0.2, 0.25) is 5.91 Å². The van der Waals surface area contributed by atoms with Crippen LogP contribution < -0.4 is 10.1 Å². The number of hydrogen-bond acceptors (Lipinski definition) is 7. The number of nitrogens with one attached hydrogen (secondary N) is 1. The van der Waals surface area contributed by atoms with E-state index in [0.717, 1.165) is 57.9 Å². The molecule has 164 valence electrons. The van der Waals surface area contributed by atoms with Crippen LogP contribution in [0.5, 0.6) is 5.75 Å². The molecule has 0 saturated carbocycles. The highest BCUT2D eigenvalue weighted by Gasteiger charge is 2.20. The summed E-state index contributed by atoms with van der Waals surface area (Å²) < 4.78 is 10.5. The lowest BCUT2D eigenvalue weighted by atomic mass is 10.2. The molecule has 3 aromatic rings. The van der Waals surface area contributed by atoms with Crippen LogP contribution in [0.4, 0.5) is 5.69 Å². The lowest BCUT2D eigenvalue weighted by Gasteiger charge is -2.34. The van der Waals surface area contributed by atoms with Gasteiger partial charge in [-0.05, 0) is 46.6 Å². The number of amides is 1. The Morgan fingerprint density at radius 3 is 2.61 bits per heavy atom. The van der Waals surface area contributed by atoms with Gasteiger partial charge in [-0.3, -0.25) is 14.6 Å². The average Bonchev–Trinajstić information content (AvgIpc) is 3.27. The van der Waals surface area contributed by atoms with Gasteiger partial charge in [-0.2, -0.15) is 0 Å². The zero-order chi connectivity index (χ0) is 21.5. The summed E-state index contributed by atoms with van der Waals surface area (Å²) in [6.45, 7) is 7.81. The van der Waals surface area contributed by atoms with Crippen molar-refractivity contribution in [1.82, 2.24) is 20.1 Å². The maximum Gasteiger partial charge on any atom is 0.238 e. The third kappa shape index (κ3) is 5.80. The molecule has 4 rings (SSSR count). The first kappa shape index (κ1) is 21.3. The Hall–Kier alpha value is -2.97. The molecule has 8 heteroatoms. The molecule has 1 aliphatic rings. The molecule has 2 aromatic carbocycles. The summed E-state index contributed by atoms with van der Waals surface area (Å²) in [6.07, 6.45) is 2.22. The van der Waals surface area contributed by atoms with Crippen molar-refractivity contribution in [1.29, 1.82) is 0 Å². The molecule has 0 aliphatic carbocycles. The van der Waals surface area contributed by atoms with Crippen LogP contribution in [0.3, 0.4) is 0 Å². The summed E-state index contributed by atoms with van der Waals surface area (Å²) in [6, 6.07) is 13.8. The molecule has 1 amide bonds. The van der Waals surface area contributed by atoms with Gasteiger partial charge >= 0.3 is 0 Å². The zero-order valence-corrected chi connectivity index (χ0v) is 17.9. The Morgan fingerprint density at radius 1 is 1.06 bits per heavy atom. The minimum Gasteiger partial charge on any atom is -0.494 e. The number of aromatic nitrogens is 2. The average molecular weight is 424 g/mol. The van der Waals surface area contributed by atoms with Crippen LogP contribution in [-0.4, -0.2) is 65.4 Å². The number of carbonyl (C=O) groups is 1. The summed E-state index contributed by atoms with van der Waals surface area (Å²) in [7, 11) is 0. The Balaban J connectivity index is 1.21. The fourth-order valence-electron chi connectivity index (χ4n) is 3.69. The van der Waals surface area contributed by atoms with E-state index >= 15 is 0 Å². The number of nitrogens with zero attached hydrogens (tertiary/aromatic N) is 4. The standard InChI is InChI=1S/C23H29N5O3/c1-2-3-15-30-19-9-7-18(8-10-19)16-27-11-13-28(14-12-27)17-22(29)24-20-5-4-6-21-23(20)26-31-25-21/h4-10H,2-3,11-17H2,1H3,(H,24,29).